The first-order valence-electron chi connectivity index (χ1n) is 12.1. The van der Waals surface area contributed by atoms with Gasteiger partial charge in [0.25, 0.3) is 0 Å². The van der Waals surface area contributed by atoms with Gasteiger partial charge in [-0.05, 0) is 45.2 Å². The van der Waals surface area contributed by atoms with Crippen molar-refractivity contribution in [2.45, 2.75) is 58.4 Å². The molecule has 10 nitrogen and oxygen atoms in total. The molecule has 4 N–H and O–H groups in total. The van der Waals surface area contributed by atoms with Crippen molar-refractivity contribution >= 4 is 24.0 Å². The Kier molecular flexibility index (Phi) is 11.4. The average Bonchev–Trinajstić information content (AvgIpc) is 2.85. The molecule has 0 spiro atoms. The molecule has 0 aliphatic rings. The van der Waals surface area contributed by atoms with E-state index in [-0.39, 0.29) is 19.7 Å². The maximum atomic E-state index is 12.6. The van der Waals surface area contributed by atoms with Crippen LogP contribution in [0.1, 0.15) is 38.8 Å². The van der Waals surface area contributed by atoms with Gasteiger partial charge in [0.15, 0.2) is 0 Å². The second kappa shape index (κ2) is 14.5. The van der Waals surface area contributed by atoms with Gasteiger partial charge in [-0.25, -0.2) is 9.59 Å². The third kappa shape index (κ3) is 12.4. The van der Waals surface area contributed by atoms with Crippen molar-refractivity contribution in [1.29, 1.82) is 0 Å². The van der Waals surface area contributed by atoms with E-state index in [9.17, 15) is 19.2 Å². The van der Waals surface area contributed by atoms with Gasteiger partial charge in [-0.3, -0.25) is 9.59 Å². The van der Waals surface area contributed by atoms with Crippen LogP contribution in [-0.4, -0.2) is 54.8 Å². The van der Waals surface area contributed by atoms with Crippen LogP contribution in [-0.2, 0) is 32.1 Å². The molecular formula is C27H36N4O6. The molecule has 0 aromatic heterocycles. The highest BCUT2D eigenvalue weighted by Crippen LogP contribution is 2.06. The van der Waals surface area contributed by atoms with Gasteiger partial charge in [0.1, 0.15) is 24.8 Å². The summed E-state index contributed by atoms with van der Waals surface area (Å²) >= 11 is 0. The Labute approximate surface area is 217 Å². The molecule has 0 aliphatic heterocycles. The fourth-order valence-corrected chi connectivity index (χ4v) is 3.20. The molecule has 0 saturated carbocycles. The number of hydrogen-bond acceptors (Lipinski definition) is 6. The van der Waals surface area contributed by atoms with E-state index < -0.39 is 41.7 Å². The molecule has 2 aromatic carbocycles. The van der Waals surface area contributed by atoms with E-state index in [4.69, 9.17) is 9.47 Å². The molecule has 0 radical (unpaired) electrons. The van der Waals surface area contributed by atoms with Crippen LogP contribution in [0.2, 0.25) is 0 Å². The van der Waals surface area contributed by atoms with E-state index in [0.717, 1.165) is 11.1 Å². The second-order valence-corrected chi connectivity index (χ2v) is 9.48. The lowest BCUT2D eigenvalue weighted by atomic mass is 10.1. The van der Waals surface area contributed by atoms with Crippen LogP contribution in [0, 0.1) is 0 Å². The Bertz CT molecular complexity index is 1020. The van der Waals surface area contributed by atoms with Crippen molar-refractivity contribution in [3.05, 3.63) is 71.8 Å². The number of alkyl carbamates (subject to hydrolysis) is 2. The highest BCUT2D eigenvalue weighted by atomic mass is 16.6. The van der Waals surface area contributed by atoms with Gasteiger partial charge >= 0.3 is 12.2 Å². The van der Waals surface area contributed by atoms with Crippen LogP contribution in [0.5, 0.6) is 0 Å². The molecule has 0 fully saturated rings. The summed E-state index contributed by atoms with van der Waals surface area (Å²) in [5.74, 6) is -0.868. The zero-order chi connectivity index (χ0) is 27.3. The highest BCUT2D eigenvalue weighted by Gasteiger charge is 2.21. The van der Waals surface area contributed by atoms with Crippen molar-refractivity contribution in [1.82, 2.24) is 21.3 Å². The predicted molar refractivity (Wildman–Crippen MR) is 139 cm³/mol. The minimum atomic E-state index is -0.856. The van der Waals surface area contributed by atoms with Crippen molar-refractivity contribution in [2.75, 3.05) is 13.1 Å². The largest absolute Gasteiger partial charge is 0.445 e. The first-order valence-corrected chi connectivity index (χ1v) is 12.1. The fraction of sp³-hybridized carbons (Fsp3) is 0.407. The summed E-state index contributed by atoms with van der Waals surface area (Å²) in [5.41, 5.74) is 1.10. The third-order valence-electron chi connectivity index (χ3n) is 4.95. The lowest BCUT2D eigenvalue weighted by molar-refractivity contribution is -0.124. The summed E-state index contributed by atoms with van der Waals surface area (Å²) in [6, 6.07) is 17.3. The quantitative estimate of drug-likeness (QED) is 0.366. The Morgan fingerprint density at radius 1 is 0.811 bits per heavy atom. The topological polar surface area (TPSA) is 135 Å². The molecule has 0 saturated heterocycles. The van der Waals surface area contributed by atoms with Crippen LogP contribution in [0.3, 0.4) is 0 Å². The van der Waals surface area contributed by atoms with Crippen LogP contribution in [0.4, 0.5) is 9.59 Å². The zero-order valence-electron chi connectivity index (χ0n) is 21.7. The van der Waals surface area contributed by atoms with Gasteiger partial charge in [-0.15, -0.1) is 0 Å². The minimum absolute atomic E-state index is 0.0868. The number of hydrogen-bond donors (Lipinski definition) is 4. The number of nitrogens with one attached hydrogen (secondary N) is 4. The Hall–Kier alpha value is -4.08. The van der Waals surface area contributed by atoms with Crippen molar-refractivity contribution < 1.29 is 28.7 Å². The summed E-state index contributed by atoms with van der Waals surface area (Å²) in [5, 5.41) is 10.5. The first-order chi connectivity index (χ1) is 17.5. The molecule has 0 bridgehead atoms. The Morgan fingerprint density at radius 3 is 2.00 bits per heavy atom. The predicted octanol–water partition coefficient (Wildman–Crippen LogP) is 2.67. The van der Waals surface area contributed by atoms with E-state index in [0.29, 0.717) is 6.42 Å². The van der Waals surface area contributed by atoms with E-state index in [1.165, 1.54) is 6.92 Å². The Balaban J connectivity index is 1.85. The van der Waals surface area contributed by atoms with Gasteiger partial charge in [0.2, 0.25) is 11.8 Å². The van der Waals surface area contributed by atoms with E-state index in [1.54, 1.807) is 20.8 Å². The summed E-state index contributed by atoms with van der Waals surface area (Å²) in [7, 11) is 0. The summed E-state index contributed by atoms with van der Waals surface area (Å²) in [6.07, 6.45) is -0.969. The zero-order valence-corrected chi connectivity index (χ0v) is 21.7. The summed E-state index contributed by atoms with van der Waals surface area (Å²) in [4.78, 5) is 48.9. The van der Waals surface area contributed by atoms with Gasteiger partial charge in [0, 0.05) is 6.54 Å². The molecule has 10 heteroatoms. The fourth-order valence-electron chi connectivity index (χ4n) is 3.20. The monoisotopic (exact) mass is 512 g/mol. The smallest absolute Gasteiger partial charge is 0.408 e. The van der Waals surface area contributed by atoms with Gasteiger partial charge in [-0.2, -0.15) is 0 Å². The molecule has 37 heavy (non-hydrogen) atoms. The molecule has 4 amide bonds. The van der Waals surface area contributed by atoms with E-state index in [2.05, 4.69) is 21.3 Å². The second-order valence-electron chi connectivity index (χ2n) is 9.48. The molecule has 2 aromatic rings. The lowest BCUT2D eigenvalue weighted by Crippen LogP contribution is -2.51. The molecule has 0 heterocycles. The van der Waals surface area contributed by atoms with Gasteiger partial charge < -0.3 is 30.7 Å². The number of carbonyl (C=O) groups excluding carboxylic acids is 4. The molecule has 2 atom stereocenters. The number of rotatable bonds is 11. The average molecular weight is 513 g/mol. The van der Waals surface area contributed by atoms with Gasteiger partial charge in [-0.1, -0.05) is 60.7 Å². The van der Waals surface area contributed by atoms with Crippen LogP contribution < -0.4 is 21.3 Å². The van der Waals surface area contributed by atoms with Crippen molar-refractivity contribution in [3.63, 3.8) is 0 Å². The first kappa shape index (κ1) is 29.2. The number of ether oxygens (including phenoxy) is 2. The molecular weight excluding hydrogens is 476 g/mol. The SMILES string of the molecule is C[C@@H](NC(=O)OCc1ccccc1)C(=O)NC[C@H](Cc1ccccc1)NC(=O)CNC(=O)OC(C)(C)C. The summed E-state index contributed by atoms with van der Waals surface area (Å²) in [6.45, 7) is 6.63. The van der Waals surface area contributed by atoms with Crippen molar-refractivity contribution in [3.8, 4) is 0 Å². The number of amides is 4. The molecule has 2 rings (SSSR count). The Morgan fingerprint density at radius 2 is 1.41 bits per heavy atom. The summed E-state index contributed by atoms with van der Waals surface area (Å²) < 4.78 is 10.3. The molecule has 0 aliphatic carbocycles. The maximum absolute atomic E-state index is 12.6. The normalized spacial score (nSPS) is 12.4. The maximum Gasteiger partial charge on any atom is 0.408 e. The van der Waals surface area contributed by atoms with Gasteiger partial charge in [0.05, 0.1) is 6.04 Å². The molecule has 0 unspecified atom stereocenters. The standard InChI is InChI=1S/C27H36N4O6/c1-19(30-26(35)36-18-21-13-9-6-10-14-21)24(33)28-16-22(15-20-11-7-5-8-12-20)31-23(32)17-29-25(34)37-27(2,3)4/h5-14,19,22H,15-18H2,1-4H3,(H,28,33)(H,29,34)(H,30,35)(H,31,32)/t19-,22+/m1/s1. The van der Waals surface area contributed by atoms with Crippen LogP contribution in [0.25, 0.3) is 0 Å². The minimum Gasteiger partial charge on any atom is -0.445 e. The van der Waals surface area contributed by atoms with Crippen molar-refractivity contribution in [2.24, 2.45) is 0 Å². The third-order valence-corrected chi connectivity index (χ3v) is 4.95. The van der Waals surface area contributed by atoms with Crippen LogP contribution in [0.15, 0.2) is 60.7 Å². The molecule has 200 valence electrons. The van der Waals surface area contributed by atoms with E-state index in [1.807, 2.05) is 60.7 Å². The van der Waals surface area contributed by atoms with E-state index >= 15 is 0 Å². The number of carbonyl (C=O) groups is 4. The van der Waals surface area contributed by atoms with Crippen LogP contribution >= 0.6 is 0 Å². The highest BCUT2D eigenvalue weighted by molar-refractivity contribution is 5.85. The number of benzene rings is 2. The lowest BCUT2D eigenvalue weighted by Gasteiger charge is -2.22.